The van der Waals surface area contributed by atoms with Crippen LogP contribution in [0.3, 0.4) is 0 Å². The average molecular weight is 321 g/mol. The summed E-state index contributed by atoms with van der Waals surface area (Å²) in [5.41, 5.74) is 1.59. The quantitative estimate of drug-likeness (QED) is 0.655. The molecule has 0 bridgehead atoms. The minimum atomic E-state index is 0.195. The fraction of sp³-hybridized carbons (Fsp3) is 0.467. The molecule has 1 fully saturated rings. The van der Waals surface area contributed by atoms with Gasteiger partial charge in [0.2, 0.25) is 0 Å². The minimum Gasteiger partial charge on any atom is -0.345 e. The van der Waals surface area contributed by atoms with Crippen LogP contribution in [-0.2, 0) is 0 Å². The molecule has 1 N–H and O–H groups in total. The molecule has 0 unspecified atom stereocenters. The van der Waals surface area contributed by atoms with Gasteiger partial charge in [-0.05, 0) is 34.8 Å². The first-order valence-corrected chi connectivity index (χ1v) is 7.72. The molecule has 1 aliphatic rings. The lowest BCUT2D eigenvalue weighted by atomic mass is 9.91. The van der Waals surface area contributed by atoms with Crippen LogP contribution in [0.1, 0.15) is 48.9 Å². The van der Waals surface area contributed by atoms with Gasteiger partial charge in [-0.15, -0.1) is 0 Å². The van der Waals surface area contributed by atoms with E-state index in [1.165, 1.54) is 25.7 Å². The number of nitrogens with one attached hydrogen (secondary N) is 1. The molecule has 1 aliphatic carbocycles. The lowest BCUT2D eigenvalue weighted by Crippen LogP contribution is -2.13. The van der Waals surface area contributed by atoms with Gasteiger partial charge in [-0.1, -0.05) is 25.7 Å². The highest BCUT2D eigenvalue weighted by atomic mass is 79.9. The summed E-state index contributed by atoms with van der Waals surface area (Å²) in [6.45, 7) is 0. The number of aromatic nitrogens is 2. The summed E-state index contributed by atoms with van der Waals surface area (Å²) in [7, 11) is 0. The first kappa shape index (κ1) is 12.9. The Hall–Kier alpha value is -1.16. The number of ketones is 1. The van der Waals surface area contributed by atoms with Gasteiger partial charge < -0.3 is 4.98 Å². The number of hydrogen-bond acceptors (Lipinski definition) is 2. The average Bonchev–Trinajstić information content (AvgIpc) is 2.64. The van der Waals surface area contributed by atoms with E-state index in [2.05, 4.69) is 25.9 Å². The van der Waals surface area contributed by atoms with E-state index >= 15 is 0 Å². The van der Waals surface area contributed by atoms with Crippen molar-refractivity contribution in [2.75, 3.05) is 0 Å². The van der Waals surface area contributed by atoms with Crippen LogP contribution in [0.5, 0.6) is 0 Å². The zero-order valence-electron chi connectivity index (χ0n) is 10.8. The number of H-pyrrole nitrogens is 1. The van der Waals surface area contributed by atoms with Crippen molar-refractivity contribution in [3.8, 4) is 0 Å². The van der Waals surface area contributed by atoms with Gasteiger partial charge in [0.05, 0.1) is 0 Å². The number of halogens is 1. The molecule has 1 saturated carbocycles. The van der Waals surface area contributed by atoms with Crippen LogP contribution in [-0.4, -0.2) is 15.8 Å². The lowest BCUT2D eigenvalue weighted by Gasteiger charge is -2.11. The second-order valence-corrected chi connectivity index (χ2v) is 6.22. The number of carbonyl (C=O) groups is 1. The van der Waals surface area contributed by atoms with Crippen molar-refractivity contribution in [3.63, 3.8) is 0 Å². The van der Waals surface area contributed by atoms with Crippen LogP contribution >= 0.6 is 15.9 Å². The van der Waals surface area contributed by atoms with Gasteiger partial charge in [-0.25, -0.2) is 4.98 Å². The summed E-state index contributed by atoms with van der Waals surface area (Å²) in [6.07, 6.45) is 10.5. The third-order valence-corrected chi connectivity index (χ3v) is 4.42. The molecule has 2 heterocycles. The van der Waals surface area contributed by atoms with E-state index in [1.807, 2.05) is 12.3 Å². The number of hydrogen-bond donors (Lipinski definition) is 1. The molecule has 3 rings (SSSR count). The van der Waals surface area contributed by atoms with Crippen LogP contribution < -0.4 is 0 Å². The molecule has 3 nitrogen and oxygen atoms in total. The van der Waals surface area contributed by atoms with Crippen molar-refractivity contribution in [2.45, 2.75) is 38.5 Å². The largest absolute Gasteiger partial charge is 0.345 e. The Kier molecular flexibility index (Phi) is 3.69. The first-order chi connectivity index (χ1) is 9.25. The second kappa shape index (κ2) is 5.45. The molecule has 0 amide bonds. The molecule has 0 spiro atoms. The van der Waals surface area contributed by atoms with E-state index in [1.54, 1.807) is 6.20 Å². The standard InChI is InChI=1S/C15H17BrN2O/c16-11-7-12-13(9-18-15(12)17-8-11)14(19)10-5-3-1-2-4-6-10/h7-10H,1-6H2,(H,17,18). The second-order valence-electron chi connectivity index (χ2n) is 5.30. The van der Waals surface area contributed by atoms with Crippen molar-refractivity contribution in [1.82, 2.24) is 9.97 Å². The highest BCUT2D eigenvalue weighted by Gasteiger charge is 2.23. The normalized spacial score (nSPS) is 17.5. The van der Waals surface area contributed by atoms with E-state index in [0.29, 0.717) is 0 Å². The molecule has 100 valence electrons. The molecule has 0 aromatic carbocycles. The lowest BCUT2D eigenvalue weighted by molar-refractivity contribution is 0.0909. The number of pyridine rings is 1. The maximum Gasteiger partial charge on any atom is 0.168 e. The van der Waals surface area contributed by atoms with Gasteiger partial charge in [0.1, 0.15) is 5.65 Å². The third-order valence-electron chi connectivity index (χ3n) is 3.99. The zero-order valence-corrected chi connectivity index (χ0v) is 12.4. The minimum absolute atomic E-state index is 0.195. The maximum absolute atomic E-state index is 12.7. The topological polar surface area (TPSA) is 45.8 Å². The van der Waals surface area contributed by atoms with Gasteiger partial charge >= 0.3 is 0 Å². The first-order valence-electron chi connectivity index (χ1n) is 6.92. The summed E-state index contributed by atoms with van der Waals surface area (Å²) < 4.78 is 0.912. The van der Waals surface area contributed by atoms with Gasteiger partial charge in [0.25, 0.3) is 0 Å². The van der Waals surface area contributed by atoms with Gasteiger partial charge in [0.15, 0.2) is 5.78 Å². The molecule has 2 aromatic heterocycles. The Morgan fingerprint density at radius 2 is 2.00 bits per heavy atom. The molecule has 0 radical (unpaired) electrons. The summed E-state index contributed by atoms with van der Waals surface area (Å²) in [6, 6.07) is 1.97. The number of nitrogens with zero attached hydrogens (tertiary/aromatic N) is 1. The van der Waals surface area contributed by atoms with Crippen LogP contribution in [0.25, 0.3) is 11.0 Å². The van der Waals surface area contributed by atoms with E-state index in [-0.39, 0.29) is 11.7 Å². The van der Waals surface area contributed by atoms with Crippen molar-refractivity contribution >= 4 is 32.7 Å². The van der Waals surface area contributed by atoms with Crippen molar-refractivity contribution in [1.29, 1.82) is 0 Å². The molecule has 0 atom stereocenters. The molecule has 4 heteroatoms. The Labute approximate surface area is 120 Å². The number of Topliss-reactive ketones (excluding diaryl/α,β-unsaturated/α-hetero) is 1. The number of carbonyl (C=O) groups excluding carboxylic acids is 1. The Balaban J connectivity index is 1.94. The highest BCUT2D eigenvalue weighted by Crippen LogP contribution is 2.29. The van der Waals surface area contributed by atoms with Crippen molar-refractivity contribution in [3.05, 3.63) is 28.5 Å². The van der Waals surface area contributed by atoms with Gasteiger partial charge in [0, 0.05) is 33.7 Å². The van der Waals surface area contributed by atoms with E-state index in [4.69, 9.17) is 0 Å². The third kappa shape index (κ3) is 2.59. The van der Waals surface area contributed by atoms with Crippen molar-refractivity contribution in [2.24, 2.45) is 5.92 Å². The highest BCUT2D eigenvalue weighted by molar-refractivity contribution is 9.10. The monoisotopic (exact) mass is 320 g/mol. The zero-order chi connectivity index (χ0) is 13.2. The summed E-state index contributed by atoms with van der Waals surface area (Å²) in [5.74, 6) is 0.480. The summed E-state index contributed by atoms with van der Waals surface area (Å²) in [4.78, 5) is 20.1. The summed E-state index contributed by atoms with van der Waals surface area (Å²) in [5, 5.41) is 0.934. The van der Waals surface area contributed by atoms with Crippen LogP contribution in [0.15, 0.2) is 22.9 Å². The smallest absolute Gasteiger partial charge is 0.168 e. The predicted molar refractivity (Wildman–Crippen MR) is 79.3 cm³/mol. The SMILES string of the molecule is O=C(c1c[nH]c2ncc(Br)cc12)C1CCCCCC1. The molecule has 0 aliphatic heterocycles. The number of rotatable bonds is 2. The maximum atomic E-state index is 12.7. The molecular weight excluding hydrogens is 304 g/mol. The van der Waals surface area contributed by atoms with Gasteiger partial charge in [-0.2, -0.15) is 0 Å². The van der Waals surface area contributed by atoms with E-state index in [0.717, 1.165) is 33.9 Å². The Morgan fingerprint density at radius 1 is 1.26 bits per heavy atom. The Bertz CT molecular complexity index is 597. The number of fused-ring (bicyclic) bond motifs is 1. The molecule has 2 aromatic rings. The van der Waals surface area contributed by atoms with Gasteiger partial charge in [-0.3, -0.25) is 4.79 Å². The predicted octanol–water partition coefficient (Wildman–Crippen LogP) is 4.48. The fourth-order valence-electron chi connectivity index (χ4n) is 2.94. The molecule has 0 saturated heterocycles. The summed E-state index contributed by atoms with van der Waals surface area (Å²) >= 11 is 3.42. The van der Waals surface area contributed by atoms with Crippen molar-refractivity contribution < 1.29 is 4.79 Å². The number of aromatic amines is 1. The fourth-order valence-corrected chi connectivity index (χ4v) is 3.27. The van der Waals surface area contributed by atoms with Crippen LogP contribution in [0.4, 0.5) is 0 Å². The van der Waals surface area contributed by atoms with E-state index in [9.17, 15) is 4.79 Å². The Morgan fingerprint density at radius 3 is 2.74 bits per heavy atom. The van der Waals surface area contributed by atoms with Crippen LogP contribution in [0, 0.1) is 5.92 Å². The van der Waals surface area contributed by atoms with E-state index < -0.39 is 0 Å². The van der Waals surface area contributed by atoms with Crippen LogP contribution in [0.2, 0.25) is 0 Å². The molecule has 19 heavy (non-hydrogen) atoms. The molecular formula is C15H17BrN2O.